The molecule has 0 aliphatic heterocycles. The molecule has 0 saturated heterocycles. The van der Waals surface area contributed by atoms with E-state index < -0.39 is 0 Å². The van der Waals surface area contributed by atoms with Crippen LogP contribution in [0.3, 0.4) is 0 Å². The largest absolute Gasteiger partial charge is 0.469 e. The number of rotatable bonds is 9. The third-order valence-electron chi connectivity index (χ3n) is 3.74. The van der Waals surface area contributed by atoms with Crippen LogP contribution in [0.1, 0.15) is 45.3 Å². The Balaban J connectivity index is 1.85. The minimum atomic E-state index is -0.0203. The summed E-state index contributed by atoms with van der Waals surface area (Å²) in [5.41, 5.74) is 0.797. The molecule has 1 atom stereocenters. The first kappa shape index (κ1) is 18.4. The predicted molar refractivity (Wildman–Crippen MR) is 95.1 cm³/mol. The van der Waals surface area contributed by atoms with E-state index in [1.54, 1.807) is 12.3 Å². The average molecular weight is 351 g/mol. The van der Waals surface area contributed by atoms with Gasteiger partial charge in [0, 0.05) is 6.04 Å². The van der Waals surface area contributed by atoms with E-state index in [0.29, 0.717) is 11.0 Å². The number of furan rings is 1. The Bertz CT molecular complexity index is 667. The summed E-state index contributed by atoms with van der Waals surface area (Å²) in [5, 5.41) is 11.6. The second-order valence-corrected chi connectivity index (χ2v) is 6.76. The number of carbonyl (C=O) groups is 1. The van der Waals surface area contributed by atoms with E-state index in [1.165, 1.54) is 29.3 Å². The molecule has 8 heteroatoms. The monoisotopic (exact) mass is 351 g/mol. The lowest BCUT2D eigenvalue weighted by atomic mass is 10.1. The topological polar surface area (TPSA) is 99.0 Å². The third kappa shape index (κ3) is 4.77. The molecule has 0 spiro atoms. The van der Waals surface area contributed by atoms with E-state index >= 15 is 0 Å². The van der Waals surface area contributed by atoms with E-state index in [2.05, 4.69) is 22.4 Å². The SMILES string of the molecule is CCCCCC(C)NC(=O)CSc1nnc(-c2ccoc2C)n1N. The Morgan fingerprint density at radius 2 is 2.25 bits per heavy atom. The van der Waals surface area contributed by atoms with Gasteiger partial charge in [0.1, 0.15) is 5.76 Å². The summed E-state index contributed by atoms with van der Waals surface area (Å²) in [7, 11) is 0. The molecule has 2 heterocycles. The van der Waals surface area contributed by atoms with Crippen LogP contribution in [0.2, 0.25) is 0 Å². The van der Waals surface area contributed by atoms with Gasteiger partial charge in [-0.1, -0.05) is 37.9 Å². The highest BCUT2D eigenvalue weighted by Gasteiger charge is 2.17. The van der Waals surface area contributed by atoms with Gasteiger partial charge in [0.2, 0.25) is 11.1 Å². The molecule has 24 heavy (non-hydrogen) atoms. The molecule has 0 aliphatic carbocycles. The number of hydrogen-bond acceptors (Lipinski definition) is 6. The lowest BCUT2D eigenvalue weighted by Crippen LogP contribution is -2.33. The van der Waals surface area contributed by atoms with Crippen LogP contribution in [0, 0.1) is 6.92 Å². The summed E-state index contributed by atoms with van der Waals surface area (Å²) in [6.45, 7) is 6.04. The second-order valence-electron chi connectivity index (χ2n) is 5.82. The second kappa shape index (κ2) is 8.77. The number of nitrogens with one attached hydrogen (secondary N) is 1. The number of aryl methyl sites for hydroxylation is 1. The molecule has 132 valence electrons. The smallest absolute Gasteiger partial charge is 0.230 e. The highest BCUT2D eigenvalue weighted by molar-refractivity contribution is 7.99. The van der Waals surface area contributed by atoms with Crippen LogP contribution in [-0.2, 0) is 4.79 Å². The van der Waals surface area contributed by atoms with Crippen molar-refractivity contribution in [3.8, 4) is 11.4 Å². The normalized spacial score (nSPS) is 12.3. The van der Waals surface area contributed by atoms with Gasteiger partial charge in [-0.2, -0.15) is 0 Å². The Morgan fingerprint density at radius 1 is 1.46 bits per heavy atom. The lowest BCUT2D eigenvalue weighted by molar-refractivity contribution is -0.119. The molecule has 2 aromatic rings. The predicted octanol–water partition coefficient (Wildman–Crippen LogP) is 2.74. The van der Waals surface area contributed by atoms with Crippen LogP contribution in [0.15, 0.2) is 21.9 Å². The van der Waals surface area contributed by atoms with E-state index in [0.717, 1.165) is 24.2 Å². The van der Waals surface area contributed by atoms with Crippen LogP contribution < -0.4 is 11.2 Å². The van der Waals surface area contributed by atoms with Gasteiger partial charge < -0.3 is 15.6 Å². The van der Waals surface area contributed by atoms with E-state index in [9.17, 15) is 4.79 Å². The molecule has 0 bridgehead atoms. The first-order valence-electron chi connectivity index (χ1n) is 8.20. The summed E-state index contributed by atoms with van der Waals surface area (Å²) < 4.78 is 6.65. The fraction of sp³-hybridized carbons (Fsp3) is 0.562. The van der Waals surface area contributed by atoms with Gasteiger partial charge in [-0.05, 0) is 26.3 Å². The quantitative estimate of drug-likeness (QED) is 0.409. The summed E-state index contributed by atoms with van der Waals surface area (Å²) >= 11 is 1.27. The van der Waals surface area contributed by atoms with Gasteiger partial charge in [0.15, 0.2) is 5.82 Å². The first-order valence-corrected chi connectivity index (χ1v) is 9.18. The zero-order valence-corrected chi connectivity index (χ0v) is 15.2. The standard InChI is InChI=1S/C16H25N5O2S/c1-4-5-6-7-11(2)18-14(22)10-24-16-20-19-15(21(16)17)13-8-9-23-12(13)3/h8-9,11H,4-7,10,17H2,1-3H3,(H,18,22). The van der Waals surface area contributed by atoms with Crippen molar-refractivity contribution in [3.63, 3.8) is 0 Å². The first-order chi connectivity index (χ1) is 11.5. The van der Waals surface area contributed by atoms with Crippen LogP contribution >= 0.6 is 11.8 Å². The zero-order valence-electron chi connectivity index (χ0n) is 14.4. The van der Waals surface area contributed by atoms with Gasteiger partial charge in [-0.3, -0.25) is 4.79 Å². The van der Waals surface area contributed by atoms with Crippen molar-refractivity contribution >= 4 is 17.7 Å². The van der Waals surface area contributed by atoms with Crippen LogP contribution in [0.5, 0.6) is 0 Å². The van der Waals surface area contributed by atoms with E-state index in [-0.39, 0.29) is 17.7 Å². The van der Waals surface area contributed by atoms with Crippen molar-refractivity contribution in [1.82, 2.24) is 20.2 Å². The number of nitrogens with zero attached hydrogens (tertiary/aromatic N) is 3. The van der Waals surface area contributed by atoms with Crippen molar-refractivity contribution in [2.75, 3.05) is 11.6 Å². The van der Waals surface area contributed by atoms with Crippen molar-refractivity contribution in [1.29, 1.82) is 0 Å². The number of nitrogen functional groups attached to an aromatic ring is 1. The van der Waals surface area contributed by atoms with Crippen molar-refractivity contribution in [3.05, 3.63) is 18.1 Å². The average Bonchev–Trinajstić information content (AvgIpc) is 3.11. The molecule has 2 aromatic heterocycles. The number of hydrogen-bond donors (Lipinski definition) is 2. The molecule has 0 aromatic carbocycles. The van der Waals surface area contributed by atoms with Crippen LogP contribution in [0.4, 0.5) is 0 Å². The molecule has 1 unspecified atom stereocenters. The Labute approximate surface area is 146 Å². The third-order valence-corrected chi connectivity index (χ3v) is 4.69. The van der Waals surface area contributed by atoms with Gasteiger partial charge in [0.05, 0.1) is 17.6 Å². The highest BCUT2D eigenvalue weighted by atomic mass is 32.2. The fourth-order valence-electron chi connectivity index (χ4n) is 2.40. The Morgan fingerprint density at radius 3 is 2.92 bits per heavy atom. The van der Waals surface area contributed by atoms with Gasteiger partial charge in [-0.25, -0.2) is 4.68 Å². The van der Waals surface area contributed by atoms with Crippen LogP contribution in [-0.4, -0.2) is 32.6 Å². The van der Waals surface area contributed by atoms with Crippen molar-refractivity contribution in [2.45, 2.75) is 57.7 Å². The van der Waals surface area contributed by atoms with Crippen molar-refractivity contribution in [2.24, 2.45) is 0 Å². The zero-order chi connectivity index (χ0) is 17.5. The molecule has 2 rings (SSSR count). The summed E-state index contributed by atoms with van der Waals surface area (Å²) in [5.74, 6) is 7.52. The maximum absolute atomic E-state index is 12.0. The van der Waals surface area contributed by atoms with Gasteiger partial charge >= 0.3 is 0 Å². The van der Waals surface area contributed by atoms with Gasteiger partial charge in [0.25, 0.3) is 0 Å². The van der Waals surface area contributed by atoms with E-state index in [4.69, 9.17) is 10.3 Å². The highest BCUT2D eigenvalue weighted by Crippen LogP contribution is 2.24. The maximum atomic E-state index is 12.0. The number of aromatic nitrogens is 3. The summed E-state index contributed by atoms with van der Waals surface area (Å²) in [6.07, 6.45) is 6.10. The van der Waals surface area contributed by atoms with Crippen LogP contribution in [0.25, 0.3) is 11.4 Å². The summed E-state index contributed by atoms with van der Waals surface area (Å²) in [6, 6.07) is 1.98. The molecule has 0 aliphatic rings. The molecule has 3 N–H and O–H groups in total. The van der Waals surface area contributed by atoms with Crippen molar-refractivity contribution < 1.29 is 9.21 Å². The molecule has 0 fully saturated rings. The molecule has 1 amide bonds. The number of nitrogens with two attached hydrogens (primary N) is 1. The molecule has 0 radical (unpaired) electrons. The molecular weight excluding hydrogens is 326 g/mol. The molecular formula is C16H25N5O2S. The molecule has 7 nitrogen and oxygen atoms in total. The Hall–Kier alpha value is -1.96. The molecule has 0 saturated carbocycles. The number of thioether (sulfide) groups is 1. The minimum Gasteiger partial charge on any atom is -0.469 e. The number of amides is 1. The van der Waals surface area contributed by atoms with E-state index in [1.807, 2.05) is 13.8 Å². The number of carbonyl (C=O) groups excluding carboxylic acids is 1. The van der Waals surface area contributed by atoms with Gasteiger partial charge in [-0.15, -0.1) is 10.2 Å². The maximum Gasteiger partial charge on any atom is 0.230 e. The summed E-state index contributed by atoms with van der Waals surface area (Å²) in [4.78, 5) is 12.0. The lowest BCUT2D eigenvalue weighted by Gasteiger charge is -2.13. The number of unbranched alkanes of at least 4 members (excludes halogenated alkanes) is 2. The Kier molecular flexibility index (Phi) is 6.72. The minimum absolute atomic E-state index is 0.0203. The fourth-order valence-corrected chi connectivity index (χ4v) is 3.06.